The van der Waals surface area contributed by atoms with Gasteiger partial charge in [-0.2, -0.15) is 5.10 Å². The summed E-state index contributed by atoms with van der Waals surface area (Å²) < 4.78 is 0. The molecule has 2 amide bonds. The number of fused-ring (bicyclic) bond motifs is 1. The van der Waals surface area contributed by atoms with Crippen LogP contribution >= 0.6 is 0 Å². The zero-order valence-corrected chi connectivity index (χ0v) is 18.2. The Hall–Kier alpha value is -2.86. The number of carbonyl (C=O) groups excluding carboxylic acids is 1. The molecule has 0 atom stereocenters. The van der Waals surface area contributed by atoms with Crippen LogP contribution in [0.1, 0.15) is 50.6 Å². The second-order valence-electron chi connectivity index (χ2n) is 8.77. The first-order valence-electron chi connectivity index (χ1n) is 11.6. The zero-order chi connectivity index (χ0) is 21.2. The molecule has 6 nitrogen and oxygen atoms in total. The lowest BCUT2D eigenvalue weighted by Gasteiger charge is -2.41. The molecule has 0 spiro atoms. The van der Waals surface area contributed by atoms with Gasteiger partial charge in [-0.25, -0.2) is 4.79 Å². The quantitative estimate of drug-likeness (QED) is 0.588. The van der Waals surface area contributed by atoms with Crippen LogP contribution in [0.2, 0.25) is 0 Å². The number of nitrogens with zero attached hydrogens (tertiary/aromatic N) is 3. The summed E-state index contributed by atoms with van der Waals surface area (Å²) in [7, 11) is 0. The van der Waals surface area contributed by atoms with E-state index in [-0.39, 0.29) is 6.03 Å². The topological polar surface area (TPSA) is 64.3 Å². The fraction of sp³-hybridized carbons (Fsp3) is 0.440. The van der Waals surface area contributed by atoms with E-state index in [4.69, 9.17) is 0 Å². The first kappa shape index (κ1) is 20.1. The molecule has 3 aromatic rings. The first-order valence-corrected chi connectivity index (χ1v) is 11.6. The van der Waals surface area contributed by atoms with E-state index in [0.717, 1.165) is 28.3 Å². The van der Waals surface area contributed by atoms with Gasteiger partial charge in [-0.15, -0.1) is 0 Å². The van der Waals surface area contributed by atoms with Gasteiger partial charge in [0.2, 0.25) is 0 Å². The highest BCUT2D eigenvalue weighted by Crippen LogP contribution is 2.35. The Morgan fingerprint density at radius 1 is 1.13 bits per heavy atom. The molecule has 5 rings (SSSR count). The summed E-state index contributed by atoms with van der Waals surface area (Å²) in [6, 6.07) is 16.5. The molecule has 2 fully saturated rings. The molecule has 162 valence electrons. The highest BCUT2D eigenvalue weighted by molar-refractivity contribution is 6.02. The predicted octanol–water partition coefficient (Wildman–Crippen LogP) is 5.35. The number of rotatable bonds is 5. The summed E-state index contributed by atoms with van der Waals surface area (Å²) in [5.74, 6) is 0.503. The number of urea groups is 1. The zero-order valence-electron chi connectivity index (χ0n) is 18.2. The minimum Gasteiger partial charge on any atom is -0.308 e. The Balaban J connectivity index is 1.31. The standard InChI is InChI=1S/C25H31N5O/c1-2-30(21-7-4-3-5-8-21)25(31)26-19-11-12-23-22(17-19)24(28-27-23)18-13-15-29(16-14-18)20-9-6-10-20/h3-5,7-8,11-12,17-18,20H,2,6,9-10,13-16H2,1H3,(H,26,31)(H,27,28). The minimum atomic E-state index is -0.119. The molecule has 2 heterocycles. The molecule has 0 bridgehead atoms. The number of amides is 2. The average molecular weight is 418 g/mol. The van der Waals surface area contributed by atoms with Gasteiger partial charge < -0.3 is 10.2 Å². The van der Waals surface area contributed by atoms with E-state index >= 15 is 0 Å². The molecule has 6 heteroatoms. The molecule has 0 unspecified atom stereocenters. The molecule has 1 aliphatic carbocycles. The van der Waals surface area contributed by atoms with Crippen LogP contribution in [0.25, 0.3) is 10.9 Å². The normalized spacial score (nSPS) is 18.1. The van der Waals surface area contributed by atoms with Crippen LogP contribution in [-0.2, 0) is 0 Å². The number of hydrogen-bond acceptors (Lipinski definition) is 3. The van der Waals surface area contributed by atoms with Gasteiger partial charge in [0.15, 0.2) is 0 Å². The van der Waals surface area contributed by atoms with Gasteiger partial charge in [0.25, 0.3) is 0 Å². The van der Waals surface area contributed by atoms with Gasteiger partial charge in [-0.3, -0.25) is 10.00 Å². The van der Waals surface area contributed by atoms with Gasteiger partial charge in [0.1, 0.15) is 0 Å². The number of carbonyl (C=O) groups is 1. The van der Waals surface area contributed by atoms with E-state index in [1.807, 2.05) is 49.4 Å². The van der Waals surface area contributed by atoms with E-state index in [1.54, 1.807) is 4.90 Å². The van der Waals surface area contributed by atoms with Crippen LogP contribution in [0.4, 0.5) is 16.2 Å². The maximum Gasteiger partial charge on any atom is 0.326 e. The predicted molar refractivity (Wildman–Crippen MR) is 126 cm³/mol. The summed E-state index contributed by atoms with van der Waals surface area (Å²) in [5, 5.41) is 12.0. The van der Waals surface area contributed by atoms with Crippen molar-refractivity contribution in [1.29, 1.82) is 0 Å². The number of H-pyrrole nitrogens is 1. The Morgan fingerprint density at radius 3 is 2.58 bits per heavy atom. The Kier molecular flexibility index (Phi) is 5.64. The summed E-state index contributed by atoms with van der Waals surface area (Å²) in [4.78, 5) is 17.3. The fourth-order valence-corrected chi connectivity index (χ4v) is 4.97. The molecule has 2 aliphatic rings. The molecule has 0 radical (unpaired) electrons. The van der Waals surface area contributed by atoms with Crippen LogP contribution in [0.5, 0.6) is 0 Å². The third-order valence-electron chi connectivity index (χ3n) is 6.99. The average Bonchev–Trinajstić information content (AvgIpc) is 3.18. The monoisotopic (exact) mass is 417 g/mol. The number of aromatic amines is 1. The largest absolute Gasteiger partial charge is 0.326 e. The number of nitrogens with one attached hydrogen (secondary N) is 2. The van der Waals surface area contributed by atoms with Crippen molar-refractivity contribution >= 4 is 28.3 Å². The van der Waals surface area contributed by atoms with Gasteiger partial charge in [0, 0.05) is 41.0 Å². The van der Waals surface area contributed by atoms with E-state index in [1.165, 1.54) is 50.9 Å². The number of anilines is 2. The number of piperidine rings is 1. The lowest BCUT2D eigenvalue weighted by molar-refractivity contribution is 0.0971. The van der Waals surface area contributed by atoms with Crippen LogP contribution in [0.15, 0.2) is 48.5 Å². The first-order chi connectivity index (χ1) is 15.2. The summed E-state index contributed by atoms with van der Waals surface area (Å²) in [6.07, 6.45) is 6.48. The second-order valence-corrected chi connectivity index (χ2v) is 8.77. The number of likely N-dealkylation sites (tertiary alicyclic amines) is 1. The molecule has 1 aliphatic heterocycles. The van der Waals surface area contributed by atoms with Crippen molar-refractivity contribution in [1.82, 2.24) is 15.1 Å². The SMILES string of the molecule is CCN(C(=O)Nc1ccc2n[nH]c(C3CCN(C4CCC4)CC3)c2c1)c1ccccc1. The van der Waals surface area contributed by atoms with Crippen molar-refractivity contribution in [2.45, 2.75) is 51.0 Å². The van der Waals surface area contributed by atoms with Crippen molar-refractivity contribution in [2.75, 3.05) is 29.9 Å². The highest BCUT2D eigenvalue weighted by atomic mass is 16.2. The van der Waals surface area contributed by atoms with E-state index in [2.05, 4.69) is 26.5 Å². The number of hydrogen-bond donors (Lipinski definition) is 2. The molecule has 2 aromatic carbocycles. The van der Waals surface area contributed by atoms with Gasteiger partial charge in [-0.05, 0) is 76.0 Å². The van der Waals surface area contributed by atoms with Crippen LogP contribution in [-0.4, -0.2) is 46.8 Å². The van der Waals surface area contributed by atoms with Crippen LogP contribution in [0.3, 0.4) is 0 Å². The molecule has 1 aromatic heterocycles. The number of para-hydroxylation sites is 1. The summed E-state index contributed by atoms with van der Waals surface area (Å²) >= 11 is 0. The molecule has 1 saturated heterocycles. The van der Waals surface area contributed by atoms with E-state index < -0.39 is 0 Å². The third-order valence-corrected chi connectivity index (χ3v) is 6.99. The number of aromatic nitrogens is 2. The number of benzene rings is 2. The van der Waals surface area contributed by atoms with Gasteiger partial charge in [0.05, 0.1) is 5.52 Å². The Morgan fingerprint density at radius 2 is 1.90 bits per heavy atom. The van der Waals surface area contributed by atoms with Crippen LogP contribution in [0, 0.1) is 0 Å². The van der Waals surface area contributed by atoms with Crippen molar-refractivity contribution in [2.24, 2.45) is 0 Å². The minimum absolute atomic E-state index is 0.119. The smallest absolute Gasteiger partial charge is 0.308 e. The highest BCUT2D eigenvalue weighted by Gasteiger charge is 2.30. The second kappa shape index (κ2) is 8.71. The maximum atomic E-state index is 12.9. The maximum absolute atomic E-state index is 12.9. The molecular weight excluding hydrogens is 386 g/mol. The summed E-state index contributed by atoms with van der Waals surface area (Å²) in [6.45, 7) is 4.94. The molecular formula is C25H31N5O. The van der Waals surface area contributed by atoms with E-state index in [0.29, 0.717) is 12.5 Å². The third kappa shape index (κ3) is 4.04. The van der Waals surface area contributed by atoms with Gasteiger partial charge >= 0.3 is 6.03 Å². The summed E-state index contributed by atoms with van der Waals surface area (Å²) in [5.41, 5.74) is 3.88. The van der Waals surface area contributed by atoms with Crippen LogP contribution < -0.4 is 10.2 Å². The van der Waals surface area contributed by atoms with E-state index in [9.17, 15) is 4.79 Å². The lowest BCUT2D eigenvalue weighted by Crippen LogP contribution is -2.44. The fourth-order valence-electron chi connectivity index (χ4n) is 4.97. The van der Waals surface area contributed by atoms with Crippen molar-refractivity contribution in [3.05, 3.63) is 54.2 Å². The van der Waals surface area contributed by atoms with Gasteiger partial charge in [-0.1, -0.05) is 24.6 Å². The molecule has 1 saturated carbocycles. The van der Waals surface area contributed by atoms with Crippen molar-refractivity contribution < 1.29 is 4.79 Å². The molecule has 2 N–H and O–H groups in total. The Labute approximate surface area is 183 Å². The lowest BCUT2D eigenvalue weighted by atomic mass is 9.86. The van der Waals surface area contributed by atoms with Crippen molar-refractivity contribution in [3.63, 3.8) is 0 Å². The molecule has 31 heavy (non-hydrogen) atoms. The van der Waals surface area contributed by atoms with Crippen molar-refractivity contribution in [3.8, 4) is 0 Å². The Bertz CT molecular complexity index is 1030.